The van der Waals surface area contributed by atoms with Gasteiger partial charge in [0.1, 0.15) is 5.75 Å². The van der Waals surface area contributed by atoms with Gasteiger partial charge in [0.2, 0.25) is 5.91 Å². The van der Waals surface area contributed by atoms with Crippen LogP contribution in [0.15, 0.2) is 24.3 Å². The number of nitrogens with zero attached hydrogens (tertiary/aromatic N) is 1. The summed E-state index contributed by atoms with van der Waals surface area (Å²) in [5.41, 5.74) is 0.653. The van der Waals surface area contributed by atoms with Crippen LogP contribution in [-0.4, -0.2) is 48.7 Å². The van der Waals surface area contributed by atoms with E-state index in [1.165, 1.54) is 0 Å². The molecule has 1 aromatic rings. The van der Waals surface area contributed by atoms with Crippen molar-refractivity contribution < 1.29 is 19.1 Å². The Morgan fingerprint density at radius 3 is 2.58 bits per heavy atom. The molecule has 3 rings (SSSR count). The zero-order valence-electron chi connectivity index (χ0n) is 15.4. The lowest BCUT2D eigenvalue weighted by Crippen LogP contribution is -2.39. The Morgan fingerprint density at radius 2 is 1.88 bits per heavy atom. The first kappa shape index (κ1) is 18.4. The third kappa shape index (κ3) is 4.06. The molecular weight excluding hydrogens is 332 g/mol. The Bertz CT molecular complexity index is 686. The van der Waals surface area contributed by atoms with Crippen LogP contribution in [0.5, 0.6) is 5.75 Å². The summed E-state index contributed by atoms with van der Waals surface area (Å²) in [7, 11) is 1.81. The van der Waals surface area contributed by atoms with E-state index in [0.29, 0.717) is 36.0 Å². The summed E-state index contributed by atoms with van der Waals surface area (Å²) in [5, 5.41) is 2.91. The van der Waals surface area contributed by atoms with Gasteiger partial charge in [-0.15, -0.1) is 0 Å². The monoisotopic (exact) mass is 358 g/mol. The first-order chi connectivity index (χ1) is 12.5. The van der Waals surface area contributed by atoms with Crippen LogP contribution < -0.4 is 10.1 Å². The van der Waals surface area contributed by atoms with Gasteiger partial charge in [-0.2, -0.15) is 0 Å². The number of hydrogen-bond acceptors (Lipinski definition) is 4. The topological polar surface area (TPSA) is 75.7 Å². The van der Waals surface area contributed by atoms with Crippen molar-refractivity contribution in [3.8, 4) is 5.75 Å². The molecule has 1 saturated heterocycles. The van der Waals surface area contributed by atoms with E-state index in [4.69, 9.17) is 4.74 Å². The first-order valence-corrected chi connectivity index (χ1v) is 9.26. The largest absolute Gasteiger partial charge is 0.484 e. The SMILES string of the molecule is CCC(=O)c1ccc(OCC(=O)N(C)[C@H]2C[C@H]3CC(=O)NC[C@H]3C2)cc1. The molecule has 2 aliphatic rings. The molecule has 1 aliphatic heterocycles. The average Bonchev–Trinajstić information content (AvgIpc) is 3.08. The Kier molecular flexibility index (Phi) is 5.59. The Hall–Kier alpha value is -2.37. The minimum Gasteiger partial charge on any atom is -0.484 e. The molecule has 0 unspecified atom stereocenters. The predicted octanol–water partition coefficient (Wildman–Crippen LogP) is 2.03. The number of nitrogens with one attached hydrogen (secondary N) is 1. The molecule has 140 valence electrons. The van der Waals surface area contributed by atoms with E-state index in [9.17, 15) is 14.4 Å². The molecule has 0 aromatic heterocycles. The van der Waals surface area contributed by atoms with E-state index < -0.39 is 0 Å². The molecule has 2 fully saturated rings. The summed E-state index contributed by atoms with van der Waals surface area (Å²) in [6.07, 6.45) is 2.85. The van der Waals surface area contributed by atoms with E-state index in [1.807, 2.05) is 14.0 Å². The maximum Gasteiger partial charge on any atom is 0.260 e. The number of benzene rings is 1. The highest BCUT2D eigenvalue weighted by molar-refractivity contribution is 5.95. The normalized spacial score (nSPS) is 24.5. The van der Waals surface area contributed by atoms with Crippen molar-refractivity contribution in [2.75, 3.05) is 20.2 Å². The summed E-state index contributed by atoms with van der Waals surface area (Å²) in [6.45, 7) is 2.52. The zero-order chi connectivity index (χ0) is 18.7. The van der Waals surface area contributed by atoms with Gasteiger partial charge in [-0.25, -0.2) is 0 Å². The van der Waals surface area contributed by atoms with E-state index in [2.05, 4.69) is 5.32 Å². The van der Waals surface area contributed by atoms with Crippen LogP contribution in [0.25, 0.3) is 0 Å². The third-order valence-electron chi connectivity index (χ3n) is 5.63. The van der Waals surface area contributed by atoms with Crippen LogP contribution in [0.4, 0.5) is 0 Å². The predicted molar refractivity (Wildman–Crippen MR) is 97.0 cm³/mol. The Balaban J connectivity index is 1.50. The molecule has 6 heteroatoms. The molecule has 0 bridgehead atoms. The molecule has 1 saturated carbocycles. The maximum atomic E-state index is 12.5. The van der Waals surface area contributed by atoms with Crippen LogP contribution in [0, 0.1) is 11.8 Å². The number of rotatable bonds is 6. The fourth-order valence-corrected chi connectivity index (χ4v) is 3.94. The molecule has 26 heavy (non-hydrogen) atoms. The fraction of sp³-hybridized carbons (Fsp3) is 0.550. The van der Waals surface area contributed by atoms with Crippen LogP contribution in [-0.2, 0) is 9.59 Å². The van der Waals surface area contributed by atoms with E-state index in [0.717, 1.165) is 19.4 Å². The van der Waals surface area contributed by atoms with Gasteiger partial charge in [0, 0.05) is 38.0 Å². The number of ketones is 1. The van der Waals surface area contributed by atoms with Crippen LogP contribution in [0.2, 0.25) is 0 Å². The van der Waals surface area contributed by atoms with Crippen molar-refractivity contribution in [3.05, 3.63) is 29.8 Å². The molecule has 0 radical (unpaired) electrons. The number of Topliss-reactive ketones (excluding diaryl/α,β-unsaturated/α-hetero) is 1. The van der Waals surface area contributed by atoms with Gasteiger partial charge < -0.3 is 15.0 Å². The second-order valence-electron chi connectivity index (χ2n) is 7.25. The van der Waals surface area contributed by atoms with E-state index in [1.54, 1.807) is 29.2 Å². The van der Waals surface area contributed by atoms with Crippen LogP contribution >= 0.6 is 0 Å². The van der Waals surface area contributed by atoms with Crippen LogP contribution in [0.3, 0.4) is 0 Å². The molecule has 1 aliphatic carbocycles. The first-order valence-electron chi connectivity index (χ1n) is 9.26. The minimum absolute atomic E-state index is 0.0272. The average molecular weight is 358 g/mol. The second kappa shape index (κ2) is 7.89. The second-order valence-corrected chi connectivity index (χ2v) is 7.25. The standard InChI is InChI=1S/C20H26N2O4/c1-3-18(23)13-4-6-17(7-5-13)26-12-20(25)22(2)16-8-14-10-19(24)21-11-15(14)9-16/h4-7,14-16H,3,8-12H2,1-2H3,(H,21,24)/t14-,15+,16-/m0/s1. The Morgan fingerprint density at radius 1 is 1.19 bits per heavy atom. The van der Waals surface area contributed by atoms with Crippen molar-refractivity contribution >= 4 is 17.6 Å². The third-order valence-corrected chi connectivity index (χ3v) is 5.63. The molecular formula is C20H26N2O4. The number of fused-ring (bicyclic) bond motifs is 1. The van der Waals surface area contributed by atoms with Gasteiger partial charge >= 0.3 is 0 Å². The van der Waals surface area contributed by atoms with Gasteiger partial charge in [-0.05, 0) is 48.9 Å². The smallest absolute Gasteiger partial charge is 0.260 e. The van der Waals surface area contributed by atoms with Gasteiger partial charge in [0.25, 0.3) is 5.91 Å². The number of ether oxygens (including phenoxy) is 1. The van der Waals surface area contributed by atoms with Crippen LogP contribution in [0.1, 0.15) is 43.0 Å². The molecule has 1 N–H and O–H groups in total. The summed E-state index contributed by atoms with van der Waals surface area (Å²) in [5.74, 6) is 1.57. The van der Waals surface area contributed by atoms with Crippen molar-refractivity contribution in [1.82, 2.24) is 10.2 Å². The van der Waals surface area contributed by atoms with Gasteiger partial charge in [-0.1, -0.05) is 6.92 Å². The van der Waals surface area contributed by atoms with Crippen molar-refractivity contribution in [2.45, 2.75) is 38.6 Å². The Labute approximate surface area is 153 Å². The molecule has 6 nitrogen and oxygen atoms in total. The van der Waals surface area contributed by atoms with Crippen molar-refractivity contribution in [3.63, 3.8) is 0 Å². The summed E-state index contributed by atoms with van der Waals surface area (Å²) in [4.78, 5) is 37.4. The lowest BCUT2D eigenvalue weighted by Gasteiger charge is -2.24. The number of amides is 2. The number of likely N-dealkylation sites (N-methyl/N-ethyl adjacent to an activating group) is 1. The maximum absolute atomic E-state index is 12.5. The van der Waals surface area contributed by atoms with Crippen molar-refractivity contribution in [1.29, 1.82) is 0 Å². The fourth-order valence-electron chi connectivity index (χ4n) is 3.94. The summed E-state index contributed by atoms with van der Waals surface area (Å²) in [6, 6.07) is 7.05. The molecule has 0 spiro atoms. The van der Waals surface area contributed by atoms with Gasteiger partial charge in [-0.3, -0.25) is 14.4 Å². The highest BCUT2D eigenvalue weighted by Crippen LogP contribution is 2.38. The van der Waals surface area contributed by atoms with Gasteiger partial charge in [0.05, 0.1) is 0 Å². The lowest BCUT2D eigenvalue weighted by atomic mass is 9.89. The summed E-state index contributed by atoms with van der Waals surface area (Å²) < 4.78 is 5.58. The molecule has 1 aromatic carbocycles. The molecule has 2 amide bonds. The quantitative estimate of drug-likeness (QED) is 0.790. The van der Waals surface area contributed by atoms with Gasteiger partial charge in [0.15, 0.2) is 12.4 Å². The van der Waals surface area contributed by atoms with E-state index in [-0.39, 0.29) is 30.2 Å². The lowest BCUT2D eigenvalue weighted by molar-refractivity contribution is -0.134. The highest BCUT2D eigenvalue weighted by atomic mass is 16.5. The summed E-state index contributed by atoms with van der Waals surface area (Å²) >= 11 is 0. The molecule has 1 heterocycles. The van der Waals surface area contributed by atoms with Crippen molar-refractivity contribution in [2.24, 2.45) is 11.8 Å². The van der Waals surface area contributed by atoms with E-state index >= 15 is 0 Å². The minimum atomic E-state index is -0.0679. The highest BCUT2D eigenvalue weighted by Gasteiger charge is 2.40. The number of piperidine rings is 1. The number of carbonyl (C=O) groups is 3. The number of hydrogen-bond donors (Lipinski definition) is 1. The zero-order valence-corrected chi connectivity index (χ0v) is 15.4. The number of carbonyl (C=O) groups excluding carboxylic acids is 3. The molecule has 3 atom stereocenters.